The standard InChI is InChI=1S/C21H23N3O3S/c1-15(25)22-17-7-4-6-16(14-17)20(26)23-10-5-11-24(13-12-23)21(27)18-8-2-3-9-19(18)28/h2-4,6-9,14,28H,5,10-13H2,1H3,(H,22,25). The molecule has 1 aliphatic heterocycles. The van der Waals surface area contributed by atoms with E-state index >= 15 is 0 Å². The van der Waals surface area contributed by atoms with Crippen molar-refractivity contribution in [1.82, 2.24) is 9.80 Å². The maximum Gasteiger partial charge on any atom is 0.255 e. The summed E-state index contributed by atoms with van der Waals surface area (Å²) < 4.78 is 0. The van der Waals surface area contributed by atoms with Crippen molar-refractivity contribution in [3.63, 3.8) is 0 Å². The van der Waals surface area contributed by atoms with Gasteiger partial charge in [-0.2, -0.15) is 0 Å². The zero-order valence-corrected chi connectivity index (χ0v) is 16.6. The molecule has 146 valence electrons. The summed E-state index contributed by atoms with van der Waals surface area (Å²) in [6.45, 7) is 3.53. The Kier molecular flexibility index (Phi) is 6.36. The molecule has 0 aliphatic carbocycles. The molecule has 1 N–H and O–H groups in total. The largest absolute Gasteiger partial charge is 0.337 e. The van der Waals surface area contributed by atoms with E-state index in [1.165, 1.54) is 6.92 Å². The second kappa shape index (κ2) is 8.93. The van der Waals surface area contributed by atoms with Crippen LogP contribution in [-0.4, -0.2) is 53.7 Å². The molecule has 0 radical (unpaired) electrons. The first kappa shape index (κ1) is 19.9. The van der Waals surface area contributed by atoms with Crippen LogP contribution in [0.15, 0.2) is 53.4 Å². The van der Waals surface area contributed by atoms with Gasteiger partial charge in [0.05, 0.1) is 5.56 Å². The number of anilines is 1. The van der Waals surface area contributed by atoms with E-state index in [2.05, 4.69) is 17.9 Å². The molecule has 0 atom stereocenters. The summed E-state index contributed by atoms with van der Waals surface area (Å²) in [5.41, 5.74) is 1.69. The molecule has 0 bridgehead atoms. The highest BCUT2D eigenvalue weighted by atomic mass is 32.1. The Balaban J connectivity index is 1.68. The smallest absolute Gasteiger partial charge is 0.255 e. The fourth-order valence-corrected chi connectivity index (χ4v) is 3.52. The van der Waals surface area contributed by atoms with Gasteiger partial charge in [-0.25, -0.2) is 0 Å². The van der Waals surface area contributed by atoms with Crippen LogP contribution >= 0.6 is 12.6 Å². The van der Waals surface area contributed by atoms with Crippen LogP contribution in [0.2, 0.25) is 0 Å². The van der Waals surface area contributed by atoms with Crippen LogP contribution in [0, 0.1) is 0 Å². The van der Waals surface area contributed by atoms with Gasteiger partial charge in [0.2, 0.25) is 5.91 Å². The number of amides is 3. The Labute approximate surface area is 169 Å². The zero-order valence-electron chi connectivity index (χ0n) is 15.7. The molecule has 3 amide bonds. The number of rotatable bonds is 3. The molecule has 28 heavy (non-hydrogen) atoms. The molecule has 0 aromatic heterocycles. The molecule has 7 heteroatoms. The number of nitrogens with zero attached hydrogens (tertiary/aromatic N) is 2. The highest BCUT2D eigenvalue weighted by molar-refractivity contribution is 7.80. The molecule has 0 saturated carbocycles. The van der Waals surface area contributed by atoms with E-state index in [9.17, 15) is 14.4 Å². The van der Waals surface area contributed by atoms with Crippen LogP contribution in [0.5, 0.6) is 0 Å². The van der Waals surface area contributed by atoms with Crippen LogP contribution in [0.4, 0.5) is 5.69 Å². The van der Waals surface area contributed by atoms with Crippen molar-refractivity contribution in [3.8, 4) is 0 Å². The third kappa shape index (κ3) is 4.72. The third-order valence-electron chi connectivity index (χ3n) is 4.63. The fraction of sp³-hybridized carbons (Fsp3) is 0.286. The number of carbonyl (C=O) groups excluding carboxylic acids is 3. The zero-order chi connectivity index (χ0) is 20.1. The molecule has 2 aromatic rings. The normalized spacial score (nSPS) is 14.4. The highest BCUT2D eigenvalue weighted by Crippen LogP contribution is 2.18. The summed E-state index contributed by atoms with van der Waals surface area (Å²) in [5.74, 6) is -0.346. The van der Waals surface area contributed by atoms with Gasteiger partial charge in [-0.3, -0.25) is 14.4 Å². The average molecular weight is 398 g/mol. The Morgan fingerprint density at radius 3 is 2.25 bits per heavy atom. The molecular weight excluding hydrogens is 374 g/mol. The molecule has 6 nitrogen and oxygen atoms in total. The lowest BCUT2D eigenvalue weighted by Gasteiger charge is -2.23. The molecule has 1 heterocycles. The highest BCUT2D eigenvalue weighted by Gasteiger charge is 2.24. The van der Waals surface area contributed by atoms with E-state index in [1.807, 2.05) is 12.1 Å². The fourth-order valence-electron chi connectivity index (χ4n) is 3.26. The van der Waals surface area contributed by atoms with Gasteiger partial charge in [-0.15, -0.1) is 12.6 Å². The molecule has 2 aromatic carbocycles. The minimum atomic E-state index is -0.182. The van der Waals surface area contributed by atoms with Gasteiger partial charge in [0.15, 0.2) is 0 Å². The van der Waals surface area contributed by atoms with Crippen molar-refractivity contribution < 1.29 is 14.4 Å². The molecular formula is C21H23N3O3S. The summed E-state index contributed by atoms with van der Waals surface area (Å²) in [6.07, 6.45) is 0.706. The molecule has 0 unspecified atom stereocenters. The molecule has 3 rings (SSSR count). The molecule has 1 fully saturated rings. The Bertz CT molecular complexity index is 900. The van der Waals surface area contributed by atoms with Crippen LogP contribution < -0.4 is 5.32 Å². The minimum Gasteiger partial charge on any atom is -0.337 e. The van der Waals surface area contributed by atoms with Crippen LogP contribution in [0.25, 0.3) is 0 Å². The van der Waals surface area contributed by atoms with Crippen molar-refractivity contribution >= 4 is 36.0 Å². The molecule has 0 spiro atoms. The maximum atomic E-state index is 12.9. The number of benzene rings is 2. The van der Waals surface area contributed by atoms with E-state index in [1.54, 1.807) is 46.2 Å². The van der Waals surface area contributed by atoms with Crippen LogP contribution in [0.3, 0.4) is 0 Å². The number of thiol groups is 1. The van der Waals surface area contributed by atoms with Crippen molar-refractivity contribution in [2.75, 3.05) is 31.5 Å². The summed E-state index contributed by atoms with van der Waals surface area (Å²) in [5, 5.41) is 2.69. The van der Waals surface area contributed by atoms with Gasteiger partial charge >= 0.3 is 0 Å². The van der Waals surface area contributed by atoms with E-state index in [0.29, 0.717) is 54.3 Å². The Morgan fingerprint density at radius 2 is 1.57 bits per heavy atom. The van der Waals surface area contributed by atoms with E-state index in [-0.39, 0.29) is 17.7 Å². The van der Waals surface area contributed by atoms with Crippen molar-refractivity contribution in [3.05, 3.63) is 59.7 Å². The van der Waals surface area contributed by atoms with Gasteiger partial charge in [-0.05, 0) is 36.8 Å². The first-order chi connectivity index (χ1) is 13.5. The van der Waals surface area contributed by atoms with Crippen molar-refractivity contribution in [1.29, 1.82) is 0 Å². The first-order valence-corrected chi connectivity index (χ1v) is 9.64. The SMILES string of the molecule is CC(=O)Nc1cccc(C(=O)N2CCCN(C(=O)c3ccccc3S)CC2)c1. The van der Waals surface area contributed by atoms with Gasteiger partial charge in [0.1, 0.15) is 0 Å². The summed E-state index contributed by atoms with van der Waals surface area (Å²) in [7, 11) is 0. The van der Waals surface area contributed by atoms with Crippen molar-refractivity contribution in [2.24, 2.45) is 0 Å². The minimum absolute atomic E-state index is 0.0624. The predicted octanol–water partition coefficient (Wildman–Crippen LogP) is 2.92. The summed E-state index contributed by atoms with van der Waals surface area (Å²) in [6, 6.07) is 14.1. The first-order valence-electron chi connectivity index (χ1n) is 9.20. The number of carbonyl (C=O) groups is 3. The quantitative estimate of drug-likeness (QED) is 0.783. The van der Waals surface area contributed by atoms with Gasteiger partial charge in [0.25, 0.3) is 11.8 Å². The van der Waals surface area contributed by atoms with E-state index in [0.717, 1.165) is 0 Å². The van der Waals surface area contributed by atoms with E-state index < -0.39 is 0 Å². The van der Waals surface area contributed by atoms with Gasteiger partial charge < -0.3 is 15.1 Å². The second-order valence-electron chi connectivity index (χ2n) is 6.72. The Morgan fingerprint density at radius 1 is 0.893 bits per heavy atom. The van der Waals surface area contributed by atoms with Gasteiger partial charge in [-0.1, -0.05) is 18.2 Å². The van der Waals surface area contributed by atoms with Crippen LogP contribution in [-0.2, 0) is 4.79 Å². The number of hydrogen-bond donors (Lipinski definition) is 2. The lowest BCUT2D eigenvalue weighted by molar-refractivity contribution is -0.114. The monoisotopic (exact) mass is 397 g/mol. The molecule has 1 aliphatic rings. The summed E-state index contributed by atoms with van der Waals surface area (Å²) >= 11 is 4.37. The van der Waals surface area contributed by atoms with Crippen molar-refractivity contribution in [2.45, 2.75) is 18.2 Å². The summed E-state index contributed by atoms with van der Waals surface area (Å²) in [4.78, 5) is 41.1. The second-order valence-corrected chi connectivity index (χ2v) is 7.20. The predicted molar refractivity (Wildman–Crippen MR) is 111 cm³/mol. The van der Waals surface area contributed by atoms with Crippen LogP contribution in [0.1, 0.15) is 34.1 Å². The number of nitrogens with one attached hydrogen (secondary N) is 1. The third-order valence-corrected chi connectivity index (χ3v) is 5.02. The lowest BCUT2D eigenvalue weighted by Crippen LogP contribution is -2.37. The Hall–Kier alpha value is -2.80. The van der Waals surface area contributed by atoms with Gasteiger partial charge in [0, 0.05) is 49.2 Å². The average Bonchev–Trinajstić information content (AvgIpc) is 2.93. The topological polar surface area (TPSA) is 69.7 Å². The number of hydrogen-bond acceptors (Lipinski definition) is 4. The maximum absolute atomic E-state index is 12.9. The molecule has 1 saturated heterocycles. The van der Waals surface area contributed by atoms with E-state index in [4.69, 9.17) is 0 Å². The lowest BCUT2D eigenvalue weighted by atomic mass is 10.1.